The highest BCUT2D eigenvalue weighted by molar-refractivity contribution is 6.30. The van der Waals surface area contributed by atoms with Crippen molar-refractivity contribution in [2.24, 2.45) is 16.9 Å². The van der Waals surface area contributed by atoms with Crippen molar-refractivity contribution >= 4 is 23.2 Å². The van der Waals surface area contributed by atoms with Gasteiger partial charge < -0.3 is 0 Å². The molecule has 0 bridgehead atoms. The fourth-order valence-corrected chi connectivity index (χ4v) is 2.45. The summed E-state index contributed by atoms with van der Waals surface area (Å²) in [5.41, 5.74) is 4.64. The van der Waals surface area contributed by atoms with Crippen molar-refractivity contribution in [2.45, 2.75) is 12.8 Å². The molecule has 0 aromatic heterocycles. The molecule has 1 saturated carbocycles. The highest BCUT2D eigenvalue weighted by Crippen LogP contribution is 2.39. The van der Waals surface area contributed by atoms with Crippen LogP contribution in [0.2, 0.25) is 5.02 Å². The molecule has 1 aliphatic heterocycles. The largest absolute Gasteiger partial charge is 0.273 e. The van der Waals surface area contributed by atoms with Gasteiger partial charge in [0.25, 0.3) is 0 Å². The molecule has 4 heteroatoms. The van der Waals surface area contributed by atoms with Gasteiger partial charge in [-0.15, -0.1) is 0 Å². The van der Waals surface area contributed by atoms with Crippen molar-refractivity contribution in [3.05, 3.63) is 34.9 Å². The van der Waals surface area contributed by atoms with Crippen molar-refractivity contribution in [3.8, 4) is 0 Å². The zero-order valence-corrected chi connectivity index (χ0v) is 9.37. The third-order valence-corrected chi connectivity index (χ3v) is 3.64. The molecule has 1 aliphatic carbocycles. The maximum atomic E-state index is 11.4. The average Bonchev–Trinajstić information content (AvgIpc) is 2.22. The van der Waals surface area contributed by atoms with E-state index in [0.29, 0.717) is 10.9 Å². The molecular formula is C12H11ClN2O. The van der Waals surface area contributed by atoms with Crippen LogP contribution >= 0.6 is 11.6 Å². The maximum absolute atomic E-state index is 11.4. The molecular weight excluding hydrogens is 224 g/mol. The summed E-state index contributed by atoms with van der Waals surface area (Å²) in [7, 11) is 0. The number of halogens is 1. The lowest BCUT2D eigenvalue weighted by Gasteiger charge is -2.38. The van der Waals surface area contributed by atoms with E-state index in [4.69, 9.17) is 11.6 Å². The number of hydrazone groups is 1. The Kier molecular flexibility index (Phi) is 2.21. The quantitative estimate of drug-likeness (QED) is 0.795. The van der Waals surface area contributed by atoms with Crippen LogP contribution < -0.4 is 5.43 Å². The summed E-state index contributed by atoms with van der Waals surface area (Å²) < 4.78 is 0. The van der Waals surface area contributed by atoms with Crippen molar-refractivity contribution < 1.29 is 4.79 Å². The van der Waals surface area contributed by atoms with Crippen molar-refractivity contribution in [2.75, 3.05) is 0 Å². The molecule has 1 fully saturated rings. The molecule has 2 unspecified atom stereocenters. The van der Waals surface area contributed by atoms with E-state index in [9.17, 15) is 4.79 Å². The molecule has 16 heavy (non-hydrogen) atoms. The Hall–Kier alpha value is -1.35. The molecule has 2 aliphatic rings. The molecule has 1 amide bonds. The van der Waals surface area contributed by atoms with Crippen LogP contribution in [0.3, 0.4) is 0 Å². The van der Waals surface area contributed by atoms with Crippen LogP contribution in [0.4, 0.5) is 0 Å². The third-order valence-electron chi connectivity index (χ3n) is 3.39. The zero-order valence-electron chi connectivity index (χ0n) is 8.61. The number of nitrogens with zero attached hydrogens (tertiary/aromatic N) is 1. The minimum absolute atomic E-state index is 0.0639. The second-order valence-electron chi connectivity index (χ2n) is 4.27. The van der Waals surface area contributed by atoms with E-state index in [2.05, 4.69) is 10.5 Å². The monoisotopic (exact) mass is 234 g/mol. The van der Waals surface area contributed by atoms with Gasteiger partial charge in [0.15, 0.2) is 0 Å². The first-order valence-corrected chi connectivity index (χ1v) is 5.77. The van der Waals surface area contributed by atoms with Gasteiger partial charge in [-0.2, -0.15) is 5.10 Å². The van der Waals surface area contributed by atoms with E-state index in [1.165, 1.54) is 0 Å². The van der Waals surface area contributed by atoms with E-state index in [-0.39, 0.29) is 11.8 Å². The lowest BCUT2D eigenvalue weighted by atomic mass is 9.68. The number of rotatable bonds is 1. The summed E-state index contributed by atoms with van der Waals surface area (Å²) in [5.74, 6) is 0.493. The molecule has 3 rings (SSSR count). The van der Waals surface area contributed by atoms with Gasteiger partial charge in [0, 0.05) is 16.9 Å². The molecule has 2 atom stereocenters. The first kappa shape index (κ1) is 9.85. The van der Waals surface area contributed by atoms with E-state index in [0.717, 1.165) is 24.1 Å². The van der Waals surface area contributed by atoms with Crippen molar-refractivity contribution in [1.29, 1.82) is 0 Å². The Bertz CT molecular complexity index is 466. The van der Waals surface area contributed by atoms with Crippen LogP contribution in [0.25, 0.3) is 0 Å². The summed E-state index contributed by atoms with van der Waals surface area (Å²) in [6.45, 7) is 0. The second-order valence-corrected chi connectivity index (χ2v) is 4.71. The minimum atomic E-state index is 0.0639. The summed E-state index contributed by atoms with van der Waals surface area (Å²) >= 11 is 5.84. The number of hydrogen-bond acceptors (Lipinski definition) is 2. The number of carbonyl (C=O) groups is 1. The van der Waals surface area contributed by atoms with Crippen LogP contribution in [-0.2, 0) is 4.79 Å². The molecule has 1 aromatic carbocycles. The number of nitrogens with one attached hydrogen (secondary N) is 1. The Labute approximate surface area is 98.5 Å². The Balaban J connectivity index is 1.95. The van der Waals surface area contributed by atoms with E-state index in [1.807, 2.05) is 24.3 Å². The highest BCUT2D eigenvalue weighted by atomic mass is 35.5. The smallest absolute Gasteiger partial charge is 0.243 e. The van der Waals surface area contributed by atoms with Crippen molar-refractivity contribution in [3.63, 3.8) is 0 Å². The summed E-state index contributed by atoms with van der Waals surface area (Å²) in [6, 6.07) is 7.61. The van der Waals surface area contributed by atoms with Crippen LogP contribution in [-0.4, -0.2) is 11.6 Å². The lowest BCUT2D eigenvalue weighted by Crippen LogP contribution is -2.47. The standard InChI is InChI=1S/C12H11ClN2O/c13-8-3-1-7(2-4-8)11-9-5-6-10(9)12(16)15-14-11/h1-4,9-10H,5-6H2,(H,15,16). The normalized spacial score (nSPS) is 27.6. The topological polar surface area (TPSA) is 41.5 Å². The summed E-state index contributed by atoms with van der Waals surface area (Å²) in [6.07, 6.45) is 2.03. The molecule has 0 saturated heterocycles. The van der Waals surface area contributed by atoms with Gasteiger partial charge in [-0.3, -0.25) is 4.79 Å². The summed E-state index contributed by atoms with van der Waals surface area (Å²) in [5, 5.41) is 4.88. The number of amides is 1. The minimum Gasteiger partial charge on any atom is -0.273 e. The molecule has 82 valence electrons. The number of benzene rings is 1. The van der Waals surface area contributed by atoms with Gasteiger partial charge in [-0.05, 0) is 30.5 Å². The number of fused-ring (bicyclic) bond motifs is 1. The van der Waals surface area contributed by atoms with E-state index < -0.39 is 0 Å². The zero-order chi connectivity index (χ0) is 11.1. The SMILES string of the molecule is O=C1NN=C(c2ccc(Cl)cc2)C2CCC12. The summed E-state index contributed by atoms with van der Waals surface area (Å²) in [4.78, 5) is 11.4. The highest BCUT2D eigenvalue weighted by Gasteiger charge is 2.42. The van der Waals surface area contributed by atoms with Gasteiger partial charge in [-0.1, -0.05) is 23.7 Å². The average molecular weight is 235 g/mol. The predicted molar refractivity (Wildman–Crippen MR) is 62.3 cm³/mol. The number of hydrogen-bond donors (Lipinski definition) is 1. The number of carbonyl (C=O) groups excluding carboxylic acids is 1. The Morgan fingerprint density at radius 1 is 1.19 bits per heavy atom. The molecule has 3 nitrogen and oxygen atoms in total. The molecule has 0 radical (unpaired) electrons. The van der Waals surface area contributed by atoms with Crippen LogP contribution in [0.5, 0.6) is 0 Å². The molecule has 0 spiro atoms. The van der Waals surface area contributed by atoms with Gasteiger partial charge in [0.2, 0.25) is 5.91 Å². The van der Waals surface area contributed by atoms with Crippen LogP contribution in [0.1, 0.15) is 18.4 Å². The first-order valence-electron chi connectivity index (χ1n) is 5.39. The Morgan fingerprint density at radius 3 is 2.50 bits per heavy atom. The maximum Gasteiger partial charge on any atom is 0.243 e. The van der Waals surface area contributed by atoms with E-state index >= 15 is 0 Å². The molecule has 1 aromatic rings. The van der Waals surface area contributed by atoms with Gasteiger partial charge in [0.1, 0.15) is 0 Å². The van der Waals surface area contributed by atoms with Gasteiger partial charge >= 0.3 is 0 Å². The van der Waals surface area contributed by atoms with Crippen LogP contribution in [0, 0.1) is 11.8 Å². The Morgan fingerprint density at radius 2 is 1.88 bits per heavy atom. The third kappa shape index (κ3) is 1.43. The molecule has 1 N–H and O–H groups in total. The van der Waals surface area contributed by atoms with Gasteiger partial charge in [0.05, 0.1) is 5.71 Å². The molecule has 1 heterocycles. The second kappa shape index (κ2) is 3.59. The fraction of sp³-hybridized carbons (Fsp3) is 0.333. The van der Waals surface area contributed by atoms with Crippen LogP contribution in [0.15, 0.2) is 29.4 Å². The van der Waals surface area contributed by atoms with Crippen molar-refractivity contribution in [1.82, 2.24) is 5.43 Å². The lowest BCUT2D eigenvalue weighted by molar-refractivity contribution is -0.129. The van der Waals surface area contributed by atoms with E-state index in [1.54, 1.807) is 0 Å². The first-order chi connectivity index (χ1) is 7.75. The predicted octanol–water partition coefficient (Wildman–Crippen LogP) is 2.20. The fourth-order valence-electron chi connectivity index (χ4n) is 2.32. The van der Waals surface area contributed by atoms with Gasteiger partial charge in [-0.25, -0.2) is 5.43 Å².